The summed E-state index contributed by atoms with van der Waals surface area (Å²) in [6.07, 6.45) is 0.304. The molecule has 0 radical (unpaired) electrons. The number of rotatable bonds is 6. The number of hydrogen-bond acceptors (Lipinski definition) is 6. The van der Waals surface area contributed by atoms with Gasteiger partial charge >= 0.3 is 23.1 Å². The molecule has 8 heteroatoms. The molecule has 1 amide bonds. The van der Waals surface area contributed by atoms with Gasteiger partial charge in [-0.2, -0.15) is 0 Å². The Morgan fingerprint density at radius 2 is 1.58 bits per heavy atom. The van der Waals surface area contributed by atoms with Crippen LogP contribution < -0.4 is 14.9 Å². The van der Waals surface area contributed by atoms with E-state index in [9.17, 15) is 19.8 Å². The summed E-state index contributed by atoms with van der Waals surface area (Å²) in [6.45, 7) is 0. The maximum Gasteiger partial charge on any atom is 2.00 e. The average molecular weight is 380 g/mol. The van der Waals surface area contributed by atoms with Crippen LogP contribution in [0.2, 0.25) is 0 Å². The van der Waals surface area contributed by atoms with Crippen molar-refractivity contribution < 1.29 is 24.5 Å². The summed E-state index contributed by atoms with van der Waals surface area (Å²) in [4.78, 5) is 25.5. The molecule has 0 aromatic heterocycles. The van der Waals surface area contributed by atoms with E-state index in [1.54, 1.807) is 36.4 Å². The Bertz CT molecular complexity index is 820. The van der Waals surface area contributed by atoms with Crippen LogP contribution >= 0.6 is 11.8 Å². The van der Waals surface area contributed by atoms with Crippen LogP contribution in [0.25, 0.3) is 0 Å². The van der Waals surface area contributed by atoms with Crippen molar-refractivity contribution in [2.24, 2.45) is 4.99 Å². The van der Waals surface area contributed by atoms with Gasteiger partial charge in [-0.25, -0.2) is 4.99 Å². The van der Waals surface area contributed by atoms with E-state index in [0.717, 1.165) is 17.3 Å². The molecule has 1 aliphatic rings. The van der Waals surface area contributed by atoms with E-state index in [-0.39, 0.29) is 35.4 Å². The van der Waals surface area contributed by atoms with Gasteiger partial charge < -0.3 is 19.7 Å². The Morgan fingerprint density at radius 3 is 2.04 bits per heavy atom. The summed E-state index contributed by atoms with van der Waals surface area (Å²) in [5.41, 5.74) is 1.55. The third kappa shape index (κ3) is 5.48. The predicted octanol–water partition coefficient (Wildman–Crippen LogP) is 0.291. The molecule has 0 fully saturated rings. The van der Waals surface area contributed by atoms with Crippen LogP contribution in [0.15, 0.2) is 53.5 Å². The van der Waals surface area contributed by atoms with Crippen LogP contribution in [0.4, 0.5) is 0 Å². The zero-order valence-electron chi connectivity index (χ0n) is 13.7. The van der Waals surface area contributed by atoms with E-state index in [1.807, 2.05) is 12.1 Å². The van der Waals surface area contributed by atoms with Crippen molar-refractivity contribution in [3.8, 4) is 11.5 Å². The molecule has 0 saturated carbocycles. The van der Waals surface area contributed by atoms with Crippen molar-refractivity contribution >= 4 is 51.9 Å². The minimum atomic E-state index is -1.13. The first-order chi connectivity index (χ1) is 12.0. The fourth-order valence-electron chi connectivity index (χ4n) is 2.38. The Balaban J connectivity index is 0.00000243. The first kappa shape index (κ1) is 20.3. The smallest absolute Gasteiger partial charge is 0.854 e. The fourth-order valence-corrected chi connectivity index (χ4v) is 3.19. The summed E-state index contributed by atoms with van der Waals surface area (Å²) in [5, 5.41) is 20.8. The van der Waals surface area contributed by atoms with Crippen LogP contribution in [-0.4, -0.2) is 45.4 Å². The third-order valence-electron chi connectivity index (χ3n) is 3.57. The molecule has 0 spiro atoms. The second-order valence-electron chi connectivity index (χ2n) is 5.47. The largest absolute Gasteiger partial charge is 2.00 e. The SMILES string of the molecule is O=C([O-])Cc1ccc(Oc2ccc(CC3SC([O-])=NC3=O)cc2)cc1.[Mg+2]. The normalized spacial score (nSPS) is 15.9. The second-order valence-corrected chi connectivity index (χ2v) is 6.62. The summed E-state index contributed by atoms with van der Waals surface area (Å²) in [7, 11) is 0. The van der Waals surface area contributed by atoms with Gasteiger partial charge in [0.25, 0.3) is 5.91 Å². The number of benzene rings is 2. The van der Waals surface area contributed by atoms with E-state index in [4.69, 9.17) is 4.74 Å². The van der Waals surface area contributed by atoms with Crippen LogP contribution in [0.5, 0.6) is 11.5 Å². The van der Waals surface area contributed by atoms with Crippen molar-refractivity contribution in [3.63, 3.8) is 0 Å². The minimum absolute atomic E-state index is 0. The zero-order valence-corrected chi connectivity index (χ0v) is 15.9. The van der Waals surface area contributed by atoms with Crippen molar-refractivity contribution in [2.45, 2.75) is 18.1 Å². The molecular formula is C18H13MgNO5S. The minimum Gasteiger partial charge on any atom is -0.854 e. The number of aliphatic imine (C=N–C) groups is 1. The number of ether oxygens (including phenoxy) is 1. The number of hydrogen-bond donors (Lipinski definition) is 0. The van der Waals surface area contributed by atoms with Crippen LogP contribution in [-0.2, 0) is 22.4 Å². The number of nitrogens with zero attached hydrogens (tertiary/aromatic N) is 1. The number of thioether (sulfide) groups is 1. The van der Waals surface area contributed by atoms with Crippen molar-refractivity contribution in [2.75, 3.05) is 0 Å². The standard InChI is InChI=1S/C18H15NO5S.Mg/c20-16(21)10-12-3-7-14(8-4-12)24-13-5-1-11(2-6-13)9-15-17(22)19-18(23)25-15;/h1-8,15H,9-10H2,(H,20,21)(H,19,22,23);/q;+2/p-2. The summed E-state index contributed by atoms with van der Waals surface area (Å²) in [6, 6.07) is 13.9. The Hall–Kier alpha value is -2.03. The molecule has 26 heavy (non-hydrogen) atoms. The summed E-state index contributed by atoms with van der Waals surface area (Å²) >= 11 is 0.948. The van der Waals surface area contributed by atoms with Crippen LogP contribution in [0.1, 0.15) is 11.1 Å². The molecule has 1 aliphatic heterocycles. The van der Waals surface area contributed by atoms with E-state index in [0.29, 0.717) is 23.5 Å². The summed E-state index contributed by atoms with van der Waals surface area (Å²) < 4.78 is 5.69. The number of amides is 1. The topological polar surface area (TPSA) is 102 Å². The van der Waals surface area contributed by atoms with Gasteiger partial charge in [-0.15, -0.1) is 11.8 Å². The average Bonchev–Trinajstić information content (AvgIpc) is 2.88. The van der Waals surface area contributed by atoms with Gasteiger partial charge in [0.15, 0.2) is 0 Å². The van der Waals surface area contributed by atoms with Crippen LogP contribution in [0, 0.1) is 0 Å². The van der Waals surface area contributed by atoms with E-state index in [1.165, 1.54) is 0 Å². The molecular weight excluding hydrogens is 367 g/mol. The van der Waals surface area contributed by atoms with E-state index in [2.05, 4.69) is 4.99 Å². The molecule has 3 rings (SSSR count). The van der Waals surface area contributed by atoms with Gasteiger partial charge in [-0.3, -0.25) is 4.79 Å². The Kier molecular flexibility index (Phi) is 7.07. The van der Waals surface area contributed by atoms with Crippen molar-refractivity contribution in [1.29, 1.82) is 0 Å². The van der Waals surface area contributed by atoms with Crippen LogP contribution in [0.3, 0.4) is 0 Å². The first-order valence-corrected chi connectivity index (χ1v) is 8.39. The third-order valence-corrected chi connectivity index (χ3v) is 4.52. The molecule has 1 heterocycles. The molecule has 2 aromatic carbocycles. The number of aliphatic carboxylic acids is 1. The first-order valence-electron chi connectivity index (χ1n) is 7.51. The number of carbonyl (C=O) groups excluding carboxylic acids is 2. The van der Waals surface area contributed by atoms with E-state index >= 15 is 0 Å². The molecule has 2 aromatic rings. The number of carbonyl (C=O) groups is 2. The van der Waals surface area contributed by atoms with Gasteiger partial charge in [0.05, 0.1) is 5.25 Å². The zero-order chi connectivity index (χ0) is 17.8. The Labute approximate surface area is 170 Å². The maximum absolute atomic E-state index is 11.5. The molecule has 1 unspecified atom stereocenters. The summed E-state index contributed by atoms with van der Waals surface area (Å²) in [5.74, 6) is -0.312. The van der Waals surface area contributed by atoms with Gasteiger partial charge in [0.1, 0.15) is 11.5 Å². The van der Waals surface area contributed by atoms with Gasteiger partial charge in [-0.05, 0) is 41.8 Å². The molecule has 0 saturated heterocycles. The Morgan fingerprint density at radius 1 is 1.04 bits per heavy atom. The van der Waals surface area contributed by atoms with Crippen molar-refractivity contribution in [3.05, 3.63) is 59.7 Å². The fraction of sp³-hybridized carbons (Fsp3) is 0.167. The van der Waals surface area contributed by atoms with Gasteiger partial charge in [-0.1, -0.05) is 24.3 Å². The maximum atomic E-state index is 11.5. The second kappa shape index (κ2) is 9.06. The predicted molar refractivity (Wildman–Crippen MR) is 94.9 cm³/mol. The molecule has 1 atom stereocenters. The van der Waals surface area contributed by atoms with Crippen molar-refractivity contribution in [1.82, 2.24) is 0 Å². The number of carboxylic acids is 1. The number of carboxylic acid groups (broad SMARTS) is 1. The van der Waals surface area contributed by atoms with Gasteiger partial charge in [0.2, 0.25) is 0 Å². The molecule has 0 aliphatic carbocycles. The molecule has 6 nitrogen and oxygen atoms in total. The van der Waals surface area contributed by atoms with E-state index < -0.39 is 16.4 Å². The molecule has 0 bridgehead atoms. The monoisotopic (exact) mass is 379 g/mol. The molecule has 0 N–H and O–H groups in total. The quantitative estimate of drug-likeness (QED) is 0.669. The van der Waals surface area contributed by atoms with Gasteiger partial charge in [0, 0.05) is 17.6 Å². The molecule has 128 valence electrons.